The van der Waals surface area contributed by atoms with Crippen molar-refractivity contribution in [2.45, 2.75) is 45.1 Å². The number of benzene rings is 1. The number of phenols is 1. The molecule has 17 heavy (non-hydrogen) atoms. The maximum absolute atomic E-state index is 10.1. The van der Waals surface area contributed by atoms with Crippen LogP contribution in [-0.4, -0.2) is 16.3 Å². The average Bonchev–Trinajstić information content (AvgIpc) is 2.26. The molecule has 0 radical (unpaired) electrons. The molecule has 0 spiro atoms. The fraction of sp³-hybridized carbons (Fsp3) is 0.467. The molecule has 92 valence electrons. The van der Waals surface area contributed by atoms with Crippen LogP contribution in [0.4, 0.5) is 0 Å². The number of aryl methyl sites for hydroxylation is 1. The number of rotatable bonds is 1. The molecule has 2 N–H and O–H groups in total. The Bertz CT molecular complexity index is 462. The number of fused-ring (bicyclic) bond motifs is 1. The zero-order valence-corrected chi connectivity index (χ0v) is 10.7. The molecule has 0 saturated carbocycles. The minimum absolute atomic E-state index is 0.0760. The molecule has 2 rings (SSSR count). The van der Waals surface area contributed by atoms with Crippen molar-refractivity contribution < 1.29 is 10.2 Å². The van der Waals surface area contributed by atoms with Crippen LogP contribution in [0.1, 0.15) is 48.8 Å². The van der Waals surface area contributed by atoms with Gasteiger partial charge in [0.25, 0.3) is 0 Å². The van der Waals surface area contributed by atoms with Gasteiger partial charge in [0.1, 0.15) is 5.75 Å². The zero-order valence-electron chi connectivity index (χ0n) is 10.7. The van der Waals surface area contributed by atoms with Gasteiger partial charge in [0.05, 0.1) is 6.10 Å². The molecule has 0 saturated heterocycles. The Kier molecular flexibility index (Phi) is 3.00. The van der Waals surface area contributed by atoms with Gasteiger partial charge in [-0.25, -0.2) is 0 Å². The highest BCUT2D eigenvalue weighted by atomic mass is 16.3. The van der Waals surface area contributed by atoms with Gasteiger partial charge < -0.3 is 10.2 Å². The third-order valence-corrected chi connectivity index (χ3v) is 3.92. The molecule has 2 heteroatoms. The molecule has 2 nitrogen and oxygen atoms in total. The predicted molar refractivity (Wildman–Crippen MR) is 69.4 cm³/mol. The molecular formula is C15H20O2. The summed E-state index contributed by atoms with van der Waals surface area (Å²) in [7, 11) is 0. The van der Waals surface area contributed by atoms with Crippen LogP contribution in [0.2, 0.25) is 0 Å². The van der Waals surface area contributed by atoms with Crippen LogP contribution in [0.3, 0.4) is 0 Å². The van der Waals surface area contributed by atoms with Crippen molar-refractivity contribution in [1.29, 1.82) is 0 Å². The SMILES string of the molecule is C=C(C)C1CC(O)C(C)c2cc(O)c(C)cc21. The molecule has 0 aromatic heterocycles. The molecule has 0 amide bonds. The lowest BCUT2D eigenvalue weighted by molar-refractivity contribution is 0.125. The van der Waals surface area contributed by atoms with Crippen molar-refractivity contribution in [3.05, 3.63) is 41.0 Å². The summed E-state index contributed by atoms with van der Waals surface area (Å²) in [5.74, 6) is 0.591. The fourth-order valence-corrected chi connectivity index (χ4v) is 2.68. The largest absolute Gasteiger partial charge is 0.508 e. The van der Waals surface area contributed by atoms with E-state index in [2.05, 4.69) is 6.58 Å². The Hall–Kier alpha value is -1.28. The first-order valence-corrected chi connectivity index (χ1v) is 6.08. The molecule has 0 fully saturated rings. The van der Waals surface area contributed by atoms with E-state index < -0.39 is 0 Å². The molecule has 1 aromatic carbocycles. The van der Waals surface area contributed by atoms with Gasteiger partial charge in [0, 0.05) is 11.8 Å². The maximum Gasteiger partial charge on any atom is 0.118 e. The second-order valence-electron chi connectivity index (χ2n) is 5.26. The number of aromatic hydroxyl groups is 1. The van der Waals surface area contributed by atoms with Crippen LogP contribution in [0.5, 0.6) is 5.75 Å². The lowest BCUT2D eigenvalue weighted by atomic mass is 9.73. The summed E-state index contributed by atoms with van der Waals surface area (Å²) < 4.78 is 0. The number of hydrogen-bond acceptors (Lipinski definition) is 2. The van der Waals surface area contributed by atoms with Gasteiger partial charge in [-0.2, -0.15) is 0 Å². The van der Waals surface area contributed by atoms with Crippen LogP contribution >= 0.6 is 0 Å². The minimum atomic E-state index is -0.355. The fourth-order valence-electron chi connectivity index (χ4n) is 2.68. The third-order valence-electron chi connectivity index (χ3n) is 3.92. The van der Waals surface area contributed by atoms with Crippen LogP contribution in [0, 0.1) is 6.92 Å². The molecular weight excluding hydrogens is 212 g/mol. The average molecular weight is 232 g/mol. The van der Waals surface area contributed by atoms with Crippen molar-refractivity contribution in [3.8, 4) is 5.75 Å². The normalized spacial score (nSPS) is 27.6. The molecule has 3 unspecified atom stereocenters. The first-order valence-electron chi connectivity index (χ1n) is 6.08. The molecule has 1 aromatic rings. The van der Waals surface area contributed by atoms with Crippen molar-refractivity contribution in [2.75, 3.05) is 0 Å². The summed E-state index contributed by atoms with van der Waals surface area (Å²) in [6, 6.07) is 3.83. The van der Waals surface area contributed by atoms with Gasteiger partial charge in [-0.1, -0.05) is 25.1 Å². The third kappa shape index (κ3) is 1.98. The summed E-state index contributed by atoms with van der Waals surface area (Å²) in [5.41, 5.74) is 4.23. The number of aliphatic hydroxyl groups excluding tert-OH is 1. The lowest BCUT2D eigenvalue weighted by Crippen LogP contribution is -2.26. The van der Waals surface area contributed by atoms with E-state index in [-0.39, 0.29) is 17.9 Å². The first-order chi connectivity index (χ1) is 7.91. The number of hydrogen-bond donors (Lipinski definition) is 2. The Morgan fingerprint density at radius 1 is 1.35 bits per heavy atom. The van der Waals surface area contributed by atoms with Gasteiger partial charge in [0.2, 0.25) is 0 Å². The van der Waals surface area contributed by atoms with Crippen LogP contribution in [0.25, 0.3) is 0 Å². The standard InChI is InChI=1S/C15H20O2/c1-8(2)11-6-15(17)10(4)12-7-14(16)9(3)5-13(11)12/h5,7,10-11,15-17H,1,6H2,2-4H3. The van der Waals surface area contributed by atoms with Crippen molar-refractivity contribution in [3.63, 3.8) is 0 Å². The van der Waals surface area contributed by atoms with E-state index in [1.165, 1.54) is 5.56 Å². The van der Waals surface area contributed by atoms with Crippen LogP contribution in [0.15, 0.2) is 24.3 Å². The first kappa shape index (κ1) is 12.2. The molecule has 3 atom stereocenters. The quantitative estimate of drug-likeness (QED) is 0.730. The summed E-state index contributed by atoms with van der Waals surface area (Å²) in [6.07, 6.45) is 0.375. The molecule has 1 aliphatic carbocycles. The van der Waals surface area contributed by atoms with Crippen molar-refractivity contribution >= 4 is 0 Å². The molecule has 1 aliphatic rings. The Morgan fingerprint density at radius 2 is 2.00 bits per heavy atom. The summed E-state index contributed by atoms with van der Waals surface area (Å²) >= 11 is 0. The second-order valence-corrected chi connectivity index (χ2v) is 5.26. The van der Waals surface area contributed by atoms with E-state index in [0.717, 1.165) is 23.1 Å². The molecule has 0 bridgehead atoms. The van der Waals surface area contributed by atoms with Gasteiger partial charge in [0.15, 0.2) is 0 Å². The van der Waals surface area contributed by atoms with Gasteiger partial charge in [-0.15, -0.1) is 0 Å². The van der Waals surface area contributed by atoms with E-state index in [0.29, 0.717) is 5.75 Å². The van der Waals surface area contributed by atoms with Gasteiger partial charge in [-0.05, 0) is 43.0 Å². The number of phenolic OH excluding ortho intramolecular Hbond substituents is 1. The smallest absolute Gasteiger partial charge is 0.118 e. The van der Waals surface area contributed by atoms with Crippen molar-refractivity contribution in [1.82, 2.24) is 0 Å². The van der Waals surface area contributed by atoms with Crippen LogP contribution in [-0.2, 0) is 0 Å². The molecule has 0 aliphatic heterocycles. The van der Waals surface area contributed by atoms with E-state index in [1.807, 2.05) is 26.8 Å². The topological polar surface area (TPSA) is 40.5 Å². The second kappa shape index (κ2) is 4.19. The monoisotopic (exact) mass is 232 g/mol. The van der Waals surface area contributed by atoms with E-state index in [9.17, 15) is 10.2 Å². The van der Waals surface area contributed by atoms with E-state index in [1.54, 1.807) is 6.07 Å². The Morgan fingerprint density at radius 3 is 2.59 bits per heavy atom. The highest BCUT2D eigenvalue weighted by Crippen LogP contribution is 2.43. The van der Waals surface area contributed by atoms with Crippen molar-refractivity contribution in [2.24, 2.45) is 0 Å². The molecule has 0 heterocycles. The highest BCUT2D eigenvalue weighted by Gasteiger charge is 2.32. The van der Waals surface area contributed by atoms with Gasteiger partial charge >= 0.3 is 0 Å². The summed E-state index contributed by atoms with van der Waals surface area (Å²) in [5, 5.41) is 19.9. The minimum Gasteiger partial charge on any atom is -0.508 e. The number of allylic oxidation sites excluding steroid dienone is 1. The van der Waals surface area contributed by atoms with Crippen LogP contribution < -0.4 is 0 Å². The maximum atomic E-state index is 10.1. The predicted octanol–water partition coefficient (Wildman–Crippen LogP) is 3.23. The van der Waals surface area contributed by atoms with E-state index in [4.69, 9.17) is 0 Å². The lowest BCUT2D eigenvalue weighted by Gasteiger charge is -2.34. The zero-order chi connectivity index (χ0) is 12.7. The Labute approximate surface area is 103 Å². The summed E-state index contributed by atoms with van der Waals surface area (Å²) in [6.45, 7) is 9.93. The summed E-state index contributed by atoms with van der Waals surface area (Å²) in [4.78, 5) is 0. The van der Waals surface area contributed by atoms with Gasteiger partial charge in [-0.3, -0.25) is 0 Å². The highest BCUT2D eigenvalue weighted by molar-refractivity contribution is 5.48. The number of aliphatic hydroxyl groups is 1. The van der Waals surface area contributed by atoms with E-state index >= 15 is 0 Å². The Balaban J connectivity index is 2.60.